The third-order valence-corrected chi connectivity index (χ3v) is 4.16. The van der Waals surface area contributed by atoms with Gasteiger partial charge in [-0.3, -0.25) is 4.79 Å². The highest BCUT2D eigenvalue weighted by atomic mass is 16.5. The number of benzene rings is 1. The molecule has 0 bridgehead atoms. The fourth-order valence-electron chi connectivity index (χ4n) is 2.72. The number of carbonyl (C=O) groups is 1. The highest BCUT2D eigenvalue weighted by Gasteiger charge is 2.22. The normalized spacial score (nSPS) is 16.3. The molecular weight excluding hydrogens is 336 g/mol. The van der Waals surface area contributed by atoms with Crippen LogP contribution < -0.4 is 26.4 Å². The van der Waals surface area contributed by atoms with Gasteiger partial charge in [0.15, 0.2) is 0 Å². The van der Waals surface area contributed by atoms with Crippen LogP contribution in [0.1, 0.15) is 16.8 Å². The largest absolute Gasteiger partial charge is 0.491 e. The fourth-order valence-corrected chi connectivity index (χ4v) is 2.72. The van der Waals surface area contributed by atoms with E-state index < -0.39 is 5.91 Å². The van der Waals surface area contributed by atoms with Crippen molar-refractivity contribution >= 4 is 29.0 Å². The molecule has 0 radical (unpaired) electrons. The molecule has 5 N–H and O–H groups in total. The van der Waals surface area contributed by atoms with Crippen molar-refractivity contribution in [2.24, 2.45) is 5.73 Å². The maximum atomic E-state index is 11.6. The average Bonchev–Trinajstić information content (AvgIpc) is 2.83. The Kier molecular flexibility index (Phi) is 4.44. The summed E-state index contributed by atoms with van der Waals surface area (Å²) < 4.78 is 10.8. The SMILES string of the molecule is NC(=O)c1cnc(Nc2ccc3c(c2)NCCCO3)nc1NC1COC1. The molecule has 136 valence electrons. The molecule has 2 aliphatic rings. The van der Waals surface area contributed by atoms with Crippen LogP contribution >= 0.6 is 0 Å². The van der Waals surface area contributed by atoms with Crippen LogP contribution in [0, 0.1) is 0 Å². The maximum absolute atomic E-state index is 11.6. The predicted molar refractivity (Wildman–Crippen MR) is 97.1 cm³/mol. The number of carbonyl (C=O) groups excluding carboxylic acids is 1. The first-order valence-electron chi connectivity index (χ1n) is 8.48. The van der Waals surface area contributed by atoms with Gasteiger partial charge in [-0.15, -0.1) is 0 Å². The lowest BCUT2D eigenvalue weighted by Crippen LogP contribution is -2.41. The van der Waals surface area contributed by atoms with Crippen LogP contribution in [0.15, 0.2) is 24.4 Å². The second-order valence-electron chi connectivity index (χ2n) is 6.16. The Morgan fingerprint density at radius 1 is 1.35 bits per heavy atom. The van der Waals surface area contributed by atoms with E-state index in [1.165, 1.54) is 6.20 Å². The molecule has 1 amide bonds. The third-order valence-electron chi connectivity index (χ3n) is 4.16. The van der Waals surface area contributed by atoms with Crippen molar-refractivity contribution in [3.05, 3.63) is 30.0 Å². The number of primary amides is 1. The number of fused-ring (bicyclic) bond motifs is 1. The zero-order valence-corrected chi connectivity index (χ0v) is 14.1. The van der Waals surface area contributed by atoms with E-state index in [0.717, 1.165) is 30.1 Å². The van der Waals surface area contributed by atoms with Crippen LogP contribution in [-0.2, 0) is 4.74 Å². The molecule has 9 heteroatoms. The summed E-state index contributed by atoms with van der Waals surface area (Å²) in [7, 11) is 0. The second kappa shape index (κ2) is 7.04. The van der Waals surface area contributed by atoms with Crippen LogP contribution in [0.3, 0.4) is 0 Å². The summed E-state index contributed by atoms with van der Waals surface area (Å²) in [6.45, 7) is 2.70. The lowest BCUT2D eigenvalue weighted by molar-refractivity contribution is 0.0209. The van der Waals surface area contributed by atoms with Gasteiger partial charge >= 0.3 is 0 Å². The van der Waals surface area contributed by atoms with Crippen molar-refractivity contribution in [3.8, 4) is 5.75 Å². The smallest absolute Gasteiger partial charge is 0.254 e. The van der Waals surface area contributed by atoms with Crippen molar-refractivity contribution in [2.45, 2.75) is 12.5 Å². The first-order chi connectivity index (χ1) is 12.7. The highest BCUT2D eigenvalue weighted by Crippen LogP contribution is 2.30. The van der Waals surface area contributed by atoms with Gasteiger partial charge in [-0.2, -0.15) is 4.98 Å². The first-order valence-corrected chi connectivity index (χ1v) is 8.48. The van der Waals surface area contributed by atoms with Crippen LogP contribution in [-0.4, -0.2) is 48.3 Å². The molecule has 4 rings (SSSR count). The number of aromatic nitrogens is 2. The fraction of sp³-hybridized carbons (Fsp3) is 0.353. The molecule has 26 heavy (non-hydrogen) atoms. The van der Waals surface area contributed by atoms with E-state index in [-0.39, 0.29) is 11.6 Å². The molecular formula is C17H20N6O3. The Labute approximate surface area is 150 Å². The van der Waals surface area contributed by atoms with E-state index in [0.29, 0.717) is 31.6 Å². The average molecular weight is 356 g/mol. The molecule has 0 saturated carbocycles. The number of rotatable bonds is 5. The van der Waals surface area contributed by atoms with Gasteiger partial charge < -0.3 is 31.2 Å². The van der Waals surface area contributed by atoms with E-state index in [4.69, 9.17) is 15.2 Å². The minimum absolute atomic E-state index is 0.115. The first kappa shape index (κ1) is 16.4. The highest BCUT2D eigenvalue weighted by molar-refractivity contribution is 5.97. The molecule has 2 aromatic rings. The zero-order valence-electron chi connectivity index (χ0n) is 14.1. The molecule has 1 fully saturated rings. The monoisotopic (exact) mass is 356 g/mol. The Bertz CT molecular complexity index is 824. The van der Waals surface area contributed by atoms with E-state index >= 15 is 0 Å². The second-order valence-corrected chi connectivity index (χ2v) is 6.16. The van der Waals surface area contributed by atoms with Gasteiger partial charge in [0.25, 0.3) is 5.91 Å². The van der Waals surface area contributed by atoms with Gasteiger partial charge in [0.05, 0.1) is 37.1 Å². The van der Waals surface area contributed by atoms with E-state index in [2.05, 4.69) is 25.9 Å². The molecule has 0 atom stereocenters. The minimum Gasteiger partial charge on any atom is -0.491 e. The standard InChI is InChI=1S/C17H20N6O3/c18-15(24)12-7-20-17(23-16(12)21-11-8-25-9-11)22-10-2-3-14-13(6-10)19-4-1-5-26-14/h2-3,6-7,11,19H,1,4-5,8-9H2,(H2,18,24)(H2,20,21,22,23). The van der Waals surface area contributed by atoms with E-state index in [9.17, 15) is 4.79 Å². The molecule has 0 spiro atoms. The van der Waals surface area contributed by atoms with Crippen molar-refractivity contribution in [3.63, 3.8) is 0 Å². The number of nitrogens with one attached hydrogen (secondary N) is 3. The van der Waals surface area contributed by atoms with Gasteiger partial charge in [-0.1, -0.05) is 0 Å². The van der Waals surface area contributed by atoms with Crippen LogP contribution in [0.5, 0.6) is 5.75 Å². The predicted octanol–water partition coefficient (Wildman–Crippen LogP) is 1.32. The lowest BCUT2D eigenvalue weighted by Gasteiger charge is -2.27. The number of hydrogen-bond acceptors (Lipinski definition) is 8. The van der Waals surface area contributed by atoms with Gasteiger partial charge in [0, 0.05) is 18.4 Å². The Balaban J connectivity index is 1.56. The Morgan fingerprint density at radius 2 is 2.23 bits per heavy atom. The number of anilines is 4. The number of nitrogens with two attached hydrogens (primary N) is 1. The summed E-state index contributed by atoms with van der Waals surface area (Å²) in [5.74, 6) is 1.02. The Morgan fingerprint density at radius 3 is 3.00 bits per heavy atom. The molecule has 0 unspecified atom stereocenters. The topological polar surface area (TPSA) is 123 Å². The van der Waals surface area contributed by atoms with E-state index in [1.807, 2.05) is 18.2 Å². The summed E-state index contributed by atoms with van der Waals surface area (Å²) in [6.07, 6.45) is 2.37. The summed E-state index contributed by atoms with van der Waals surface area (Å²) in [6, 6.07) is 5.85. The van der Waals surface area contributed by atoms with Crippen LogP contribution in [0.25, 0.3) is 0 Å². The molecule has 3 heterocycles. The third kappa shape index (κ3) is 3.47. The van der Waals surface area contributed by atoms with Gasteiger partial charge in [-0.05, 0) is 24.6 Å². The molecule has 1 aromatic carbocycles. The summed E-state index contributed by atoms with van der Waals surface area (Å²) in [5.41, 5.74) is 7.39. The van der Waals surface area contributed by atoms with Crippen LogP contribution in [0.4, 0.5) is 23.1 Å². The van der Waals surface area contributed by atoms with Crippen molar-refractivity contribution in [2.75, 3.05) is 42.3 Å². The van der Waals surface area contributed by atoms with Gasteiger partial charge in [0.2, 0.25) is 5.95 Å². The Hall–Kier alpha value is -3.07. The zero-order chi connectivity index (χ0) is 17.9. The minimum atomic E-state index is -0.578. The molecule has 9 nitrogen and oxygen atoms in total. The number of amides is 1. The summed E-state index contributed by atoms with van der Waals surface area (Å²) in [4.78, 5) is 20.2. The van der Waals surface area contributed by atoms with Crippen molar-refractivity contribution in [1.29, 1.82) is 0 Å². The molecule has 2 aliphatic heterocycles. The molecule has 1 saturated heterocycles. The number of hydrogen-bond donors (Lipinski definition) is 4. The molecule has 1 aromatic heterocycles. The van der Waals surface area contributed by atoms with Crippen molar-refractivity contribution in [1.82, 2.24) is 9.97 Å². The van der Waals surface area contributed by atoms with Crippen molar-refractivity contribution < 1.29 is 14.3 Å². The summed E-state index contributed by atoms with van der Waals surface area (Å²) >= 11 is 0. The summed E-state index contributed by atoms with van der Waals surface area (Å²) in [5, 5.41) is 9.65. The molecule has 0 aliphatic carbocycles. The quantitative estimate of drug-likeness (QED) is 0.632. The van der Waals surface area contributed by atoms with Gasteiger partial charge in [0.1, 0.15) is 11.6 Å². The van der Waals surface area contributed by atoms with Gasteiger partial charge in [-0.25, -0.2) is 4.98 Å². The lowest BCUT2D eigenvalue weighted by atomic mass is 10.2. The maximum Gasteiger partial charge on any atom is 0.254 e. The number of nitrogens with zero attached hydrogens (tertiary/aromatic N) is 2. The van der Waals surface area contributed by atoms with Crippen LogP contribution in [0.2, 0.25) is 0 Å². The number of ether oxygens (including phenoxy) is 2. The van der Waals surface area contributed by atoms with E-state index in [1.54, 1.807) is 0 Å².